The number of guanidine groups is 1. The first-order chi connectivity index (χ1) is 13.3. The molecule has 1 saturated heterocycles. The number of nitrogens with one attached hydrogen (secondary N) is 1. The number of rotatable bonds is 5. The van der Waals surface area contributed by atoms with E-state index in [2.05, 4.69) is 61.3 Å². The van der Waals surface area contributed by atoms with Gasteiger partial charge in [0.1, 0.15) is 5.82 Å². The predicted molar refractivity (Wildman–Crippen MR) is 108 cm³/mol. The number of nitrogens with two attached hydrogens (primary N) is 1. The van der Waals surface area contributed by atoms with E-state index in [1.165, 1.54) is 24.2 Å². The molecule has 144 valence electrons. The van der Waals surface area contributed by atoms with Gasteiger partial charge in [-0.15, -0.1) is 0 Å². The van der Waals surface area contributed by atoms with Crippen molar-refractivity contribution in [1.82, 2.24) is 19.8 Å². The fourth-order valence-corrected chi connectivity index (χ4v) is 4.05. The van der Waals surface area contributed by atoms with Gasteiger partial charge in [0, 0.05) is 44.8 Å². The van der Waals surface area contributed by atoms with Gasteiger partial charge in [0.2, 0.25) is 0 Å². The fourth-order valence-electron chi connectivity index (χ4n) is 4.05. The number of imidazole rings is 1. The summed E-state index contributed by atoms with van der Waals surface area (Å²) in [4.78, 5) is 11.7. The minimum absolute atomic E-state index is 0.413. The lowest BCUT2D eigenvalue weighted by atomic mass is 10.0. The van der Waals surface area contributed by atoms with E-state index < -0.39 is 0 Å². The number of aryl methyl sites for hydroxylation is 2. The molecule has 3 heterocycles. The average Bonchev–Trinajstić information content (AvgIpc) is 3.12. The third kappa shape index (κ3) is 4.89. The quantitative estimate of drug-likeness (QED) is 0.629. The van der Waals surface area contributed by atoms with Crippen LogP contribution in [0.5, 0.6) is 0 Å². The van der Waals surface area contributed by atoms with Crippen LogP contribution in [-0.4, -0.2) is 39.5 Å². The summed E-state index contributed by atoms with van der Waals surface area (Å²) in [6, 6.07) is 11.1. The van der Waals surface area contributed by atoms with E-state index in [1.54, 1.807) is 0 Å². The molecule has 0 saturated carbocycles. The minimum atomic E-state index is 0.413. The molecule has 1 aromatic carbocycles. The van der Waals surface area contributed by atoms with Gasteiger partial charge in [-0.3, -0.25) is 4.90 Å². The number of hydrogen-bond donors (Lipinski definition) is 2. The second-order valence-corrected chi connectivity index (χ2v) is 7.68. The molecular weight excluding hydrogens is 336 g/mol. The standard InChI is InChI=1S/C21H30N6/c22-21(23-14-19-16-27-11-5-4-8-20(27)24-19)25-18-9-12-26(13-10-18)15-17-6-2-1-3-7-17/h1-3,6-7,16,18H,4-5,8-15H2,(H3,22,23,25). The molecule has 0 aliphatic carbocycles. The maximum Gasteiger partial charge on any atom is 0.189 e. The average molecular weight is 367 g/mol. The summed E-state index contributed by atoms with van der Waals surface area (Å²) in [5, 5.41) is 3.40. The van der Waals surface area contributed by atoms with E-state index in [9.17, 15) is 0 Å². The normalized spacial score (nSPS) is 19.0. The highest BCUT2D eigenvalue weighted by Crippen LogP contribution is 2.15. The Hall–Kier alpha value is -2.34. The smallest absolute Gasteiger partial charge is 0.189 e. The van der Waals surface area contributed by atoms with Crippen molar-refractivity contribution in [3.8, 4) is 0 Å². The number of fused-ring (bicyclic) bond motifs is 1. The fraction of sp³-hybridized carbons (Fsp3) is 0.524. The zero-order valence-electron chi connectivity index (χ0n) is 16.0. The molecule has 0 amide bonds. The van der Waals surface area contributed by atoms with Crippen molar-refractivity contribution in [2.24, 2.45) is 10.7 Å². The zero-order valence-corrected chi connectivity index (χ0v) is 16.0. The van der Waals surface area contributed by atoms with Crippen LogP contribution in [-0.2, 0) is 26.1 Å². The number of piperidine rings is 1. The molecule has 2 aliphatic rings. The first kappa shape index (κ1) is 18.0. The number of hydrogen-bond acceptors (Lipinski definition) is 3. The van der Waals surface area contributed by atoms with E-state index >= 15 is 0 Å². The molecule has 3 N–H and O–H groups in total. The molecular formula is C21H30N6. The Morgan fingerprint density at radius 2 is 1.96 bits per heavy atom. The second-order valence-electron chi connectivity index (χ2n) is 7.68. The van der Waals surface area contributed by atoms with Gasteiger partial charge in [0.25, 0.3) is 0 Å². The van der Waals surface area contributed by atoms with Crippen molar-refractivity contribution >= 4 is 5.96 Å². The van der Waals surface area contributed by atoms with E-state index in [0.29, 0.717) is 18.5 Å². The van der Waals surface area contributed by atoms with Gasteiger partial charge >= 0.3 is 0 Å². The number of benzene rings is 1. The van der Waals surface area contributed by atoms with Crippen LogP contribution in [0.4, 0.5) is 0 Å². The Labute approximate surface area is 161 Å². The Balaban J connectivity index is 1.22. The zero-order chi connectivity index (χ0) is 18.5. The number of aromatic nitrogens is 2. The third-order valence-corrected chi connectivity index (χ3v) is 5.56. The van der Waals surface area contributed by atoms with Crippen LogP contribution in [0.3, 0.4) is 0 Å². The van der Waals surface area contributed by atoms with Crippen molar-refractivity contribution in [3.05, 3.63) is 53.6 Å². The largest absolute Gasteiger partial charge is 0.370 e. The van der Waals surface area contributed by atoms with E-state index in [4.69, 9.17) is 5.73 Å². The van der Waals surface area contributed by atoms with Crippen LogP contribution in [0, 0.1) is 0 Å². The molecule has 0 unspecified atom stereocenters. The highest BCUT2D eigenvalue weighted by atomic mass is 15.2. The van der Waals surface area contributed by atoms with Crippen LogP contribution < -0.4 is 11.1 Å². The summed E-state index contributed by atoms with van der Waals surface area (Å²) < 4.78 is 2.26. The molecule has 0 spiro atoms. The van der Waals surface area contributed by atoms with Crippen molar-refractivity contribution in [1.29, 1.82) is 0 Å². The molecule has 2 aliphatic heterocycles. The summed E-state index contributed by atoms with van der Waals surface area (Å²) >= 11 is 0. The molecule has 2 aromatic rings. The van der Waals surface area contributed by atoms with Gasteiger partial charge in [0.15, 0.2) is 5.96 Å². The lowest BCUT2D eigenvalue weighted by Crippen LogP contribution is -2.46. The van der Waals surface area contributed by atoms with E-state index in [0.717, 1.165) is 51.1 Å². The monoisotopic (exact) mass is 366 g/mol. The maximum absolute atomic E-state index is 6.12. The Kier molecular flexibility index (Phi) is 5.72. The number of aliphatic imine (C=N–C) groups is 1. The van der Waals surface area contributed by atoms with Crippen LogP contribution >= 0.6 is 0 Å². The molecule has 1 fully saturated rings. The van der Waals surface area contributed by atoms with Crippen LogP contribution in [0.1, 0.15) is 42.8 Å². The molecule has 0 bridgehead atoms. The Morgan fingerprint density at radius 3 is 2.74 bits per heavy atom. The first-order valence-electron chi connectivity index (χ1n) is 10.1. The van der Waals surface area contributed by atoms with Crippen molar-refractivity contribution < 1.29 is 0 Å². The predicted octanol–water partition coefficient (Wildman–Crippen LogP) is 2.29. The second kappa shape index (κ2) is 8.57. The highest BCUT2D eigenvalue weighted by Gasteiger charge is 2.19. The summed E-state index contributed by atoms with van der Waals surface area (Å²) in [5.74, 6) is 1.74. The lowest BCUT2D eigenvalue weighted by molar-refractivity contribution is 0.199. The van der Waals surface area contributed by atoms with Crippen LogP contribution in [0.25, 0.3) is 0 Å². The summed E-state index contributed by atoms with van der Waals surface area (Å²) in [6.07, 6.45) is 7.90. The number of likely N-dealkylation sites (tertiary alicyclic amines) is 1. The van der Waals surface area contributed by atoms with Gasteiger partial charge < -0.3 is 15.6 Å². The van der Waals surface area contributed by atoms with Gasteiger partial charge in [-0.2, -0.15) is 0 Å². The molecule has 6 nitrogen and oxygen atoms in total. The van der Waals surface area contributed by atoms with E-state index in [-0.39, 0.29) is 0 Å². The van der Waals surface area contributed by atoms with E-state index in [1.807, 2.05) is 0 Å². The van der Waals surface area contributed by atoms with Gasteiger partial charge in [-0.25, -0.2) is 9.98 Å². The first-order valence-corrected chi connectivity index (χ1v) is 10.1. The highest BCUT2D eigenvalue weighted by molar-refractivity contribution is 5.78. The molecule has 4 rings (SSSR count). The van der Waals surface area contributed by atoms with Crippen molar-refractivity contribution in [2.75, 3.05) is 13.1 Å². The van der Waals surface area contributed by atoms with Crippen LogP contribution in [0.2, 0.25) is 0 Å². The summed E-state index contributed by atoms with van der Waals surface area (Å²) in [7, 11) is 0. The Morgan fingerprint density at radius 1 is 1.15 bits per heavy atom. The Bertz CT molecular complexity index is 735. The van der Waals surface area contributed by atoms with Crippen molar-refractivity contribution in [3.63, 3.8) is 0 Å². The minimum Gasteiger partial charge on any atom is -0.370 e. The summed E-state index contributed by atoms with van der Waals surface area (Å²) in [6.45, 7) is 4.86. The molecule has 0 atom stereocenters. The van der Waals surface area contributed by atoms with Gasteiger partial charge in [-0.05, 0) is 31.2 Å². The molecule has 27 heavy (non-hydrogen) atoms. The topological polar surface area (TPSA) is 71.5 Å². The molecule has 1 aromatic heterocycles. The van der Waals surface area contributed by atoms with Gasteiger partial charge in [0.05, 0.1) is 12.2 Å². The van der Waals surface area contributed by atoms with Crippen molar-refractivity contribution in [2.45, 2.75) is 57.8 Å². The molecule has 6 heteroatoms. The maximum atomic E-state index is 6.12. The third-order valence-electron chi connectivity index (χ3n) is 5.56. The molecule has 0 radical (unpaired) electrons. The SMILES string of the molecule is NC(=NCc1cn2c(n1)CCCC2)NC1CCN(Cc2ccccc2)CC1. The summed E-state index contributed by atoms with van der Waals surface area (Å²) in [5.41, 5.74) is 8.53. The number of nitrogens with zero attached hydrogens (tertiary/aromatic N) is 4. The lowest BCUT2D eigenvalue weighted by Gasteiger charge is -2.32. The van der Waals surface area contributed by atoms with Crippen LogP contribution in [0.15, 0.2) is 41.5 Å². The van der Waals surface area contributed by atoms with Gasteiger partial charge in [-0.1, -0.05) is 30.3 Å².